The number of hydrogen-bond acceptors (Lipinski definition) is 6. The second kappa shape index (κ2) is 14.3. The minimum absolute atomic E-state index is 0.146. The molecule has 2 aromatic carbocycles. The van der Waals surface area contributed by atoms with Crippen LogP contribution >= 0.6 is 0 Å². The summed E-state index contributed by atoms with van der Waals surface area (Å²) < 4.78 is 52.9. The zero-order valence-electron chi connectivity index (χ0n) is 24.2. The van der Waals surface area contributed by atoms with Crippen molar-refractivity contribution in [2.75, 3.05) is 51.6 Å². The third-order valence-electron chi connectivity index (χ3n) is 7.38. The molecule has 1 amide bonds. The van der Waals surface area contributed by atoms with Crippen LogP contribution in [-0.2, 0) is 11.3 Å². The Morgan fingerprint density at radius 2 is 1.79 bits per heavy atom. The largest absolute Gasteiger partial charge is 0.489 e. The number of nitrogens with one attached hydrogen (secondary N) is 4. The lowest BCUT2D eigenvalue weighted by atomic mass is 9.91. The summed E-state index contributed by atoms with van der Waals surface area (Å²) in [6, 6.07) is 12.9. The van der Waals surface area contributed by atoms with Gasteiger partial charge in [0, 0.05) is 42.9 Å². The third-order valence-corrected chi connectivity index (χ3v) is 7.38. The van der Waals surface area contributed by atoms with Gasteiger partial charge in [-0.3, -0.25) is 4.79 Å². The Morgan fingerprint density at radius 1 is 1.02 bits per heavy atom. The molecule has 1 aliphatic carbocycles. The van der Waals surface area contributed by atoms with Crippen molar-refractivity contribution in [3.63, 3.8) is 0 Å². The molecule has 1 heterocycles. The predicted octanol–water partition coefficient (Wildman–Crippen LogP) is 4.99. The van der Waals surface area contributed by atoms with E-state index < -0.39 is 12.7 Å². The molecule has 3 aromatic rings. The van der Waals surface area contributed by atoms with E-state index in [1.54, 1.807) is 50.6 Å². The van der Waals surface area contributed by atoms with Crippen LogP contribution in [0.1, 0.15) is 41.7 Å². The summed E-state index contributed by atoms with van der Waals surface area (Å²) in [6.07, 6.45) is -0.320. The van der Waals surface area contributed by atoms with Crippen molar-refractivity contribution < 1.29 is 27.4 Å². The first kappa shape index (κ1) is 31.1. The van der Waals surface area contributed by atoms with E-state index in [0.717, 1.165) is 31.4 Å². The van der Waals surface area contributed by atoms with Gasteiger partial charge in [0.25, 0.3) is 5.91 Å². The lowest BCUT2D eigenvalue weighted by Gasteiger charge is -2.29. The molecule has 0 atom stereocenters. The number of anilines is 2. The first-order chi connectivity index (χ1) is 20.2. The molecule has 1 fully saturated rings. The van der Waals surface area contributed by atoms with Gasteiger partial charge in [-0.15, -0.1) is 0 Å². The smallest absolute Gasteiger partial charge is 0.406 e. The molecule has 4 N–H and O–H groups in total. The highest BCUT2D eigenvalue weighted by molar-refractivity contribution is 5.95. The van der Waals surface area contributed by atoms with Gasteiger partial charge >= 0.3 is 6.18 Å². The molecule has 1 saturated carbocycles. The minimum atomic E-state index is -4.41. The Balaban J connectivity index is 1.56. The first-order valence-corrected chi connectivity index (χ1v) is 14.1. The van der Waals surface area contributed by atoms with Gasteiger partial charge in [-0.2, -0.15) is 13.2 Å². The molecule has 0 aliphatic heterocycles. The van der Waals surface area contributed by atoms with Crippen LogP contribution in [-0.4, -0.2) is 69.7 Å². The van der Waals surface area contributed by atoms with E-state index in [9.17, 15) is 18.0 Å². The Bertz CT molecular complexity index is 1420. The Morgan fingerprint density at radius 3 is 2.48 bits per heavy atom. The molecule has 1 aromatic heterocycles. The summed E-state index contributed by atoms with van der Waals surface area (Å²) in [6.45, 7) is -0.351. The molecule has 0 saturated heterocycles. The normalized spacial score (nSPS) is 16.9. The molecule has 226 valence electrons. The zero-order valence-corrected chi connectivity index (χ0v) is 24.2. The highest BCUT2D eigenvalue weighted by atomic mass is 19.4. The number of carbonyl (C=O) groups is 1. The van der Waals surface area contributed by atoms with E-state index >= 15 is 0 Å². The van der Waals surface area contributed by atoms with E-state index in [4.69, 9.17) is 9.47 Å². The number of hydrogen-bond donors (Lipinski definition) is 4. The summed E-state index contributed by atoms with van der Waals surface area (Å²) in [7, 11) is 5.08. The topological polar surface area (TPSA) is 88.6 Å². The Kier molecular flexibility index (Phi) is 10.6. The highest BCUT2D eigenvalue weighted by Gasteiger charge is 2.30. The number of rotatable bonds is 11. The Labute approximate surface area is 244 Å². The van der Waals surface area contributed by atoms with Crippen molar-refractivity contribution in [3.8, 4) is 17.6 Å². The Hall–Kier alpha value is -3.88. The van der Waals surface area contributed by atoms with Gasteiger partial charge in [-0.1, -0.05) is 12.0 Å². The average molecular weight is 586 g/mol. The summed E-state index contributed by atoms with van der Waals surface area (Å²) in [5.74, 6) is 6.09. The van der Waals surface area contributed by atoms with Crippen LogP contribution < -0.4 is 26.0 Å². The van der Waals surface area contributed by atoms with Crippen LogP contribution in [0.5, 0.6) is 5.75 Å². The molecular weight excluding hydrogens is 547 g/mol. The van der Waals surface area contributed by atoms with E-state index in [1.807, 2.05) is 13.1 Å². The second-order valence-corrected chi connectivity index (χ2v) is 10.2. The van der Waals surface area contributed by atoms with Gasteiger partial charge in [-0.05, 0) is 75.0 Å². The number of amides is 1. The van der Waals surface area contributed by atoms with Crippen LogP contribution in [0.3, 0.4) is 0 Å². The van der Waals surface area contributed by atoms with Gasteiger partial charge in [0.1, 0.15) is 18.9 Å². The van der Waals surface area contributed by atoms with Crippen LogP contribution in [0.25, 0.3) is 10.9 Å². The minimum Gasteiger partial charge on any atom is -0.489 e. The third kappa shape index (κ3) is 8.11. The molecule has 42 heavy (non-hydrogen) atoms. The molecule has 4 rings (SSSR count). The summed E-state index contributed by atoms with van der Waals surface area (Å²) in [5, 5.41) is 13.3. The van der Waals surface area contributed by atoms with Crippen LogP contribution in [0.2, 0.25) is 0 Å². The molecule has 0 spiro atoms. The van der Waals surface area contributed by atoms with Crippen LogP contribution in [0.4, 0.5) is 24.5 Å². The van der Waals surface area contributed by atoms with Gasteiger partial charge in [0.05, 0.1) is 30.0 Å². The number of alkyl halides is 3. The van der Waals surface area contributed by atoms with Gasteiger partial charge in [0.2, 0.25) is 0 Å². The van der Waals surface area contributed by atoms with Crippen LogP contribution in [0.15, 0.2) is 42.5 Å². The molecule has 11 heteroatoms. The molecule has 1 aliphatic rings. The van der Waals surface area contributed by atoms with Crippen molar-refractivity contribution in [3.05, 3.63) is 53.7 Å². The van der Waals surface area contributed by atoms with Gasteiger partial charge < -0.3 is 35.3 Å². The summed E-state index contributed by atoms with van der Waals surface area (Å²) in [4.78, 5) is 12.1. The van der Waals surface area contributed by atoms with Crippen molar-refractivity contribution in [2.24, 2.45) is 0 Å². The fraction of sp³-hybridized carbons (Fsp3) is 0.452. The molecule has 0 bridgehead atoms. The monoisotopic (exact) mass is 585 g/mol. The number of halogens is 3. The number of carbonyl (C=O) groups excluding carboxylic acids is 1. The first-order valence-electron chi connectivity index (χ1n) is 14.1. The quantitative estimate of drug-likeness (QED) is 0.187. The van der Waals surface area contributed by atoms with Crippen molar-refractivity contribution in [1.82, 2.24) is 15.2 Å². The SMILES string of the molecule is CNC(=O)c1ccc(NCC#Cc2cc3c(N[C@H]4CC[C@H](NC)CC4)cccc3n2CC(F)(F)F)c(OCCOC)c1. The fourth-order valence-corrected chi connectivity index (χ4v) is 5.19. The number of aromatic nitrogens is 1. The maximum atomic E-state index is 13.6. The maximum Gasteiger partial charge on any atom is 0.406 e. The number of methoxy groups -OCH3 is 1. The van der Waals surface area contributed by atoms with E-state index in [-0.39, 0.29) is 30.8 Å². The van der Waals surface area contributed by atoms with E-state index in [1.165, 1.54) is 4.57 Å². The number of benzene rings is 2. The van der Waals surface area contributed by atoms with E-state index in [2.05, 4.69) is 33.1 Å². The maximum absolute atomic E-state index is 13.6. The number of ether oxygens (including phenoxy) is 2. The van der Waals surface area contributed by atoms with Crippen molar-refractivity contribution in [2.45, 2.75) is 50.5 Å². The predicted molar refractivity (Wildman–Crippen MR) is 159 cm³/mol. The summed E-state index contributed by atoms with van der Waals surface area (Å²) >= 11 is 0. The average Bonchev–Trinajstić information content (AvgIpc) is 3.32. The van der Waals surface area contributed by atoms with Crippen molar-refractivity contribution >= 4 is 28.2 Å². The second-order valence-electron chi connectivity index (χ2n) is 10.2. The standard InChI is InChI=1S/C31H38F3N5O3/c1-35-22-10-12-23(13-11-22)38-26-7-4-8-28-25(26)19-24(39(28)20-31(32,33)34)6-5-15-37-27-14-9-21(30(40)36-2)18-29(27)42-17-16-41-3/h4,7-9,14,18-19,22-23,35,37-38H,10-13,15-17,20H2,1-3H3,(H,36,40)/t22-,23-. The molecule has 0 unspecified atom stereocenters. The lowest BCUT2D eigenvalue weighted by molar-refractivity contribution is -0.140. The number of fused-ring (bicyclic) bond motifs is 1. The molecule has 0 radical (unpaired) electrons. The van der Waals surface area contributed by atoms with Gasteiger partial charge in [-0.25, -0.2) is 0 Å². The van der Waals surface area contributed by atoms with Crippen molar-refractivity contribution in [1.29, 1.82) is 0 Å². The van der Waals surface area contributed by atoms with Crippen LogP contribution in [0, 0.1) is 11.8 Å². The fourth-order valence-electron chi connectivity index (χ4n) is 5.19. The zero-order chi connectivity index (χ0) is 30.1. The summed E-state index contributed by atoms with van der Waals surface area (Å²) in [5.41, 5.74) is 2.61. The van der Waals surface area contributed by atoms with E-state index in [0.29, 0.717) is 40.6 Å². The van der Waals surface area contributed by atoms with Gasteiger partial charge in [0.15, 0.2) is 0 Å². The molecular formula is C31H38F3N5O3. The highest BCUT2D eigenvalue weighted by Crippen LogP contribution is 2.32. The lowest BCUT2D eigenvalue weighted by Crippen LogP contribution is -2.34. The molecule has 8 nitrogen and oxygen atoms in total. The number of nitrogens with zero attached hydrogens (tertiary/aromatic N) is 1.